The Balaban J connectivity index is 3.08. The summed E-state index contributed by atoms with van der Waals surface area (Å²) in [6.45, 7) is 0. The smallest absolute Gasteiger partial charge is 0.228 e. The van der Waals surface area contributed by atoms with Crippen molar-refractivity contribution in [1.82, 2.24) is 15.0 Å². The highest BCUT2D eigenvalue weighted by Crippen LogP contribution is 2.08. The zero-order valence-corrected chi connectivity index (χ0v) is 6.56. The summed E-state index contributed by atoms with van der Waals surface area (Å²) in [4.78, 5) is 10.8. The summed E-state index contributed by atoms with van der Waals surface area (Å²) in [5, 5.41) is 0.914. The van der Waals surface area contributed by atoms with Crippen LogP contribution < -0.4 is 5.31 Å². The second kappa shape index (κ2) is 2.98. The van der Waals surface area contributed by atoms with E-state index in [4.69, 9.17) is 24.6 Å². The summed E-state index contributed by atoms with van der Waals surface area (Å²) >= 11 is 10.9. The topological polar surface area (TPSA) is 50.7 Å². The first kappa shape index (κ1) is 6.12. The van der Waals surface area contributed by atoms with Gasteiger partial charge >= 0.3 is 0 Å². The van der Waals surface area contributed by atoms with Crippen molar-refractivity contribution < 1.29 is 1.41 Å². The summed E-state index contributed by atoms with van der Waals surface area (Å²) < 4.78 is 7.08. The molecule has 0 aliphatic heterocycles. The van der Waals surface area contributed by atoms with Crippen LogP contribution in [0.15, 0.2) is 0 Å². The molecule has 6 heteroatoms. The van der Waals surface area contributed by atoms with Crippen molar-refractivity contribution in [2.24, 2.45) is 0 Å². The van der Waals surface area contributed by atoms with Crippen molar-refractivity contribution in [2.45, 2.75) is 0 Å². The van der Waals surface area contributed by atoms with Crippen LogP contribution in [0.25, 0.3) is 0 Å². The van der Waals surface area contributed by atoms with Gasteiger partial charge < -0.3 is 5.31 Å². The van der Waals surface area contributed by atoms with Crippen LogP contribution in [0.1, 0.15) is 0 Å². The summed E-state index contributed by atoms with van der Waals surface area (Å²) in [7, 11) is 1.46. The van der Waals surface area contributed by atoms with Crippen LogP contribution in [-0.4, -0.2) is 22.0 Å². The molecule has 54 valence electrons. The average Bonchev–Trinajstić information content (AvgIpc) is 1.85. The molecule has 1 N–H and O–H groups in total. The highest BCUT2D eigenvalue weighted by atomic mass is 35.5. The SMILES string of the molecule is [2H]N(C)c1nc(Cl)nc(Cl)n1. The minimum atomic E-state index is -0.0147. The lowest BCUT2D eigenvalue weighted by molar-refractivity contribution is 1.05. The van der Waals surface area contributed by atoms with E-state index in [-0.39, 0.29) is 16.5 Å². The van der Waals surface area contributed by atoms with Gasteiger partial charge in [0.25, 0.3) is 0 Å². The van der Waals surface area contributed by atoms with E-state index in [1.54, 1.807) is 0 Å². The monoisotopic (exact) mass is 179 g/mol. The van der Waals surface area contributed by atoms with Crippen molar-refractivity contribution in [3.63, 3.8) is 0 Å². The standard InChI is InChI=1S/C4H4Cl2N4/c1-7-4-9-2(5)8-3(6)10-4/h1H3,(H,7,8,9,10)/i/hD. The third-order valence-corrected chi connectivity index (χ3v) is 1.11. The van der Waals surface area contributed by atoms with Gasteiger partial charge in [0, 0.05) is 7.05 Å². The van der Waals surface area contributed by atoms with E-state index in [0.717, 1.165) is 5.31 Å². The molecule has 1 heterocycles. The van der Waals surface area contributed by atoms with Crippen molar-refractivity contribution in [1.29, 1.82) is 0 Å². The van der Waals surface area contributed by atoms with E-state index in [0.29, 0.717) is 0 Å². The third kappa shape index (κ3) is 1.68. The van der Waals surface area contributed by atoms with Crippen LogP contribution in [0, 0.1) is 0 Å². The number of hydrogen-bond donors (Lipinski definition) is 1. The predicted octanol–water partition coefficient (Wildman–Crippen LogP) is 1.22. The quantitative estimate of drug-likeness (QED) is 0.705. The van der Waals surface area contributed by atoms with E-state index in [9.17, 15) is 0 Å². The lowest BCUT2D eigenvalue weighted by atomic mass is 10.9. The van der Waals surface area contributed by atoms with Gasteiger partial charge in [0.1, 0.15) is 0 Å². The molecule has 0 bridgehead atoms. The number of hydrogen-bond acceptors (Lipinski definition) is 4. The first-order valence-corrected chi connectivity index (χ1v) is 3.15. The summed E-state index contributed by atoms with van der Waals surface area (Å²) in [5.74, 6) is 0.120. The average molecular weight is 180 g/mol. The van der Waals surface area contributed by atoms with E-state index in [1.807, 2.05) is 0 Å². The second-order valence-electron chi connectivity index (χ2n) is 1.40. The predicted molar refractivity (Wildman–Crippen MR) is 39.4 cm³/mol. The lowest BCUT2D eigenvalue weighted by Gasteiger charge is -1.96. The fourth-order valence-corrected chi connectivity index (χ4v) is 0.771. The van der Waals surface area contributed by atoms with Gasteiger partial charge in [-0.05, 0) is 23.2 Å². The van der Waals surface area contributed by atoms with Crippen molar-refractivity contribution in [3.05, 3.63) is 10.6 Å². The van der Waals surface area contributed by atoms with Crippen molar-refractivity contribution in [2.75, 3.05) is 12.4 Å². The molecule has 4 nitrogen and oxygen atoms in total. The summed E-state index contributed by atoms with van der Waals surface area (Å²) in [6, 6.07) is 0. The molecule has 0 spiro atoms. The van der Waals surface area contributed by atoms with E-state index < -0.39 is 0 Å². The molecule has 0 atom stereocenters. The third-order valence-electron chi connectivity index (χ3n) is 0.769. The van der Waals surface area contributed by atoms with Crippen LogP contribution in [0.3, 0.4) is 0 Å². The molecule has 0 fully saturated rings. The molecule has 0 amide bonds. The Labute approximate surface area is 69.1 Å². The van der Waals surface area contributed by atoms with Crippen LogP contribution in [0.5, 0.6) is 0 Å². The molecule has 0 saturated carbocycles. The van der Waals surface area contributed by atoms with Gasteiger partial charge in [-0.1, -0.05) is 0 Å². The van der Waals surface area contributed by atoms with Gasteiger partial charge in [0.15, 0.2) is 1.41 Å². The maximum atomic E-state index is 7.08. The van der Waals surface area contributed by atoms with E-state index in [2.05, 4.69) is 15.0 Å². The number of halogens is 2. The number of rotatable bonds is 1. The minimum absolute atomic E-state index is 0.0147. The first-order chi connectivity index (χ1) is 5.09. The Kier molecular flexibility index (Phi) is 1.83. The van der Waals surface area contributed by atoms with E-state index >= 15 is 0 Å². The maximum absolute atomic E-state index is 7.08. The number of nitrogens with zero attached hydrogens (tertiary/aromatic N) is 3. The Bertz CT molecular complexity index is 246. The van der Waals surface area contributed by atoms with Crippen LogP contribution >= 0.6 is 23.2 Å². The molecule has 1 rings (SSSR count). The Morgan fingerprint density at radius 1 is 1.30 bits per heavy atom. The normalized spacial score (nSPS) is 10.9. The van der Waals surface area contributed by atoms with Crippen LogP contribution in [0.4, 0.5) is 5.95 Å². The number of anilines is 1. The molecule has 1 aromatic rings. The molecule has 0 unspecified atom stereocenters. The summed E-state index contributed by atoms with van der Waals surface area (Å²) in [6.07, 6.45) is 0. The molecule has 0 radical (unpaired) electrons. The first-order valence-electron chi connectivity index (χ1n) is 2.84. The fraction of sp³-hybridized carbons (Fsp3) is 0.250. The van der Waals surface area contributed by atoms with E-state index in [1.165, 1.54) is 7.05 Å². The molecule has 0 aliphatic rings. The van der Waals surface area contributed by atoms with Crippen molar-refractivity contribution >= 4 is 29.2 Å². The fourth-order valence-electron chi connectivity index (χ4n) is 0.416. The molecule has 1 aromatic heterocycles. The highest BCUT2D eigenvalue weighted by Gasteiger charge is 1.98. The highest BCUT2D eigenvalue weighted by molar-refractivity contribution is 6.31. The Morgan fingerprint density at radius 2 is 1.80 bits per heavy atom. The molecule has 10 heavy (non-hydrogen) atoms. The number of nitrogens with one attached hydrogen (secondary N) is 1. The lowest BCUT2D eigenvalue weighted by Crippen LogP contribution is -1.98. The summed E-state index contributed by atoms with van der Waals surface area (Å²) in [5.41, 5.74) is 0. The zero-order valence-electron chi connectivity index (χ0n) is 6.04. The van der Waals surface area contributed by atoms with Gasteiger partial charge in [0.2, 0.25) is 16.5 Å². The zero-order chi connectivity index (χ0) is 8.43. The second-order valence-corrected chi connectivity index (χ2v) is 2.07. The minimum Gasteiger partial charge on any atom is -0.357 e. The van der Waals surface area contributed by atoms with Gasteiger partial charge in [-0.2, -0.15) is 15.0 Å². The molecule has 0 aliphatic carbocycles. The molecule has 0 aromatic carbocycles. The number of aromatic nitrogens is 3. The van der Waals surface area contributed by atoms with Gasteiger partial charge in [-0.25, -0.2) is 0 Å². The van der Waals surface area contributed by atoms with Gasteiger partial charge in [0.05, 0.1) is 0 Å². The largest absolute Gasteiger partial charge is 0.357 e. The Morgan fingerprint density at radius 3 is 2.20 bits per heavy atom. The van der Waals surface area contributed by atoms with Crippen LogP contribution in [-0.2, 0) is 0 Å². The molecular formula is C4H4Cl2N4. The Hall–Kier alpha value is -0.610. The van der Waals surface area contributed by atoms with Crippen molar-refractivity contribution in [3.8, 4) is 0 Å². The van der Waals surface area contributed by atoms with Gasteiger partial charge in [-0.3, -0.25) is 0 Å². The molecular weight excluding hydrogens is 175 g/mol. The molecule has 0 saturated heterocycles. The maximum Gasteiger partial charge on any atom is 0.228 e. The van der Waals surface area contributed by atoms with Crippen LogP contribution in [0.2, 0.25) is 12.0 Å². The van der Waals surface area contributed by atoms with Gasteiger partial charge in [-0.15, -0.1) is 0 Å².